The monoisotopic (exact) mass is 376 g/mol. The maximum Gasteiger partial charge on any atom is 0.573 e. The standard InChI is InChI=1S/C18H11F3N2O2S/c19-18(20,21)25-11-7-5-10(6-8-11)9-14-22-16(24)15-12-3-1-2-4-13(12)26-17(15)23-14/h1-8H,9H2,(H,22,23,24). The van der Waals surface area contributed by atoms with Crippen molar-refractivity contribution >= 4 is 31.6 Å². The highest BCUT2D eigenvalue weighted by molar-refractivity contribution is 7.25. The molecule has 132 valence electrons. The zero-order valence-electron chi connectivity index (χ0n) is 13.1. The van der Waals surface area contributed by atoms with Crippen LogP contribution in [-0.2, 0) is 6.42 Å². The van der Waals surface area contributed by atoms with Gasteiger partial charge in [0.1, 0.15) is 16.4 Å². The first kappa shape index (κ1) is 16.6. The molecule has 2 aromatic heterocycles. The molecule has 0 aliphatic rings. The fourth-order valence-corrected chi connectivity index (χ4v) is 3.86. The Labute approximate surface area is 148 Å². The predicted molar refractivity (Wildman–Crippen MR) is 93.7 cm³/mol. The molecule has 2 aromatic carbocycles. The molecule has 0 amide bonds. The Kier molecular flexibility index (Phi) is 3.91. The van der Waals surface area contributed by atoms with E-state index in [0.29, 0.717) is 28.0 Å². The Morgan fingerprint density at radius 3 is 2.54 bits per heavy atom. The van der Waals surface area contributed by atoms with E-state index in [0.717, 1.165) is 10.1 Å². The van der Waals surface area contributed by atoms with Crippen molar-refractivity contribution in [1.82, 2.24) is 9.97 Å². The molecule has 1 N–H and O–H groups in total. The van der Waals surface area contributed by atoms with Crippen LogP contribution >= 0.6 is 11.3 Å². The lowest BCUT2D eigenvalue weighted by molar-refractivity contribution is -0.274. The Morgan fingerprint density at radius 2 is 1.81 bits per heavy atom. The molecule has 4 rings (SSSR count). The number of rotatable bonds is 3. The third-order valence-corrected chi connectivity index (χ3v) is 4.89. The van der Waals surface area contributed by atoms with Gasteiger partial charge in [0.15, 0.2) is 0 Å². The zero-order chi connectivity index (χ0) is 18.3. The van der Waals surface area contributed by atoms with Crippen LogP contribution in [0.5, 0.6) is 5.75 Å². The second kappa shape index (κ2) is 6.14. The van der Waals surface area contributed by atoms with E-state index in [4.69, 9.17) is 0 Å². The summed E-state index contributed by atoms with van der Waals surface area (Å²) in [5.74, 6) is 0.168. The summed E-state index contributed by atoms with van der Waals surface area (Å²) >= 11 is 1.43. The number of thiophene rings is 1. The summed E-state index contributed by atoms with van der Waals surface area (Å²) in [4.78, 5) is 20.3. The van der Waals surface area contributed by atoms with Gasteiger partial charge in [-0.2, -0.15) is 0 Å². The predicted octanol–water partition coefficient (Wildman–Crippen LogP) is 4.63. The lowest BCUT2D eigenvalue weighted by Gasteiger charge is -2.09. The minimum absolute atomic E-state index is 0.223. The Bertz CT molecular complexity index is 1150. The topological polar surface area (TPSA) is 55.0 Å². The molecule has 4 nitrogen and oxygen atoms in total. The number of alkyl halides is 3. The van der Waals surface area contributed by atoms with Gasteiger partial charge in [0.05, 0.1) is 5.39 Å². The van der Waals surface area contributed by atoms with Crippen LogP contribution in [0.15, 0.2) is 53.3 Å². The van der Waals surface area contributed by atoms with Crippen LogP contribution in [0.2, 0.25) is 0 Å². The third-order valence-electron chi connectivity index (χ3n) is 3.83. The Hall–Kier alpha value is -2.87. The highest BCUT2D eigenvalue weighted by Crippen LogP contribution is 2.30. The van der Waals surface area contributed by atoms with E-state index in [1.54, 1.807) is 0 Å². The van der Waals surface area contributed by atoms with E-state index in [9.17, 15) is 18.0 Å². The van der Waals surface area contributed by atoms with Crippen molar-refractivity contribution < 1.29 is 17.9 Å². The summed E-state index contributed by atoms with van der Waals surface area (Å²) in [6.07, 6.45) is -4.42. The first-order valence-electron chi connectivity index (χ1n) is 7.64. The highest BCUT2D eigenvalue weighted by Gasteiger charge is 2.30. The molecule has 0 spiro atoms. The molecule has 0 saturated carbocycles. The van der Waals surface area contributed by atoms with Gasteiger partial charge >= 0.3 is 6.36 Å². The summed E-state index contributed by atoms with van der Waals surface area (Å²) < 4.78 is 41.4. The molecule has 4 aromatic rings. The van der Waals surface area contributed by atoms with Crippen molar-refractivity contribution in [2.24, 2.45) is 0 Å². The van der Waals surface area contributed by atoms with Crippen LogP contribution in [-0.4, -0.2) is 16.3 Å². The first-order valence-corrected chi connectivity index (χ1v) is 8.46. The highest BCUT2D eigenvalue weighted by atomic mass is 32.1. The van der Waals surface area contributed by atoms with E-state index in [-0.39, 0.29) is 11.3 Å². The molecule has 26 heavy (non-hydrogen) atoms. The number of nitrogens with one attached hydrogen (secondary N) is 1. The second-order valence-electron chi connectivity index (χ2n) is 5.66. The molecule has 0 aliphatic heterocycles. The lowest BCUT2D eigenvalue weighted by Crippen LogP contribution is -2.17. The largest absolute Gasteiger partial charge is 0.573 e. The summed E-state index contributed by atoms with van der Waals surface area (Å²) in [5, 5.41) is 1.42. The van der Waals surface area contributed by atoms with E-state index in [1.165, 1.54) is 35.6 Å². The summed E-state index contributed by atoms with van der Waals surface area (Å²) in [5.41, 5.74) is 0.489. The average Bonchev–Trinajstić information content (AvgIpc) is 2.94. The maximum absolute atomic E-state index is 12.4. The van der Waals surface area contributed by atoms with Crippen LogP contribution in [0.1, 0.15) is 11.4 Å². The molecule has 8 heteroatoms. The van der Waals surface area contributed by atoms with Gasteiger partial charge in [0.2, 0.25) is 0 Å². The van der Waals surface area contributed by atoms with Crippen LogP contribution in [0, 0.1) is 0 Å². The normalized spacial score (nSPS) is 12.0. The molecule has 0 saturated heterocycles. The molecule has 0 radical (unpaired) electrons. The molecule has 0 atom stereocenters. The number of nitrogens with zero attached hydrogens (tertiary/aromatic N) is 1. The fraction of sp³-hybridized carbons (Fsp3) is 0.111. The number of aromatic amines is 1. The number of ether oxygens (including phenoxy) is 1. The van der Waals surface area contributed by atoms with Crippen LogP contribution in [0.4, 0.5) is 13.2 Å². The fourth-order valence-electron chi connectivity index (χ4n) is 2.76. The van der Waals surface area contributed by atoms with Gasteiger partial charge in [-0.15, -0.1) is 24.5 Å². The molecule has 0 fully saturated rings. The number of benzene rings is 2. The quantitative estimate of drug-likeness (QED) is 0.567. The second-order valence-corrected chi connectivity index (χ2v) is 6.69. The van der Waals surface area contributed by atoms with Gasteiger partial charge < -0.3 is 9.72 Å². The minimum Gasteiger partial charge on any atom is -0.406 e. The van der Waals surface area contributed by atoms with Gasteiger partial charge in [-0.05, 0) is 23.8 Å². The first-order chi connectivity index (χ1) is 12.4. The lowest BCUT2D eigenvalue weighted by atomic mass is 10.1. The average molecular weight is 376 g/mol. The van der Waals surface area contributed by atoms with Crippen molar-refractivity contribution in [2.75, 3.05) is 0 Å². The number of hydrogen-bond donors (Lipinski definition) is 1. The SMILES string of the molecule is O=c1[nH]c(Cc2ccc(OC(F)(F)F)cc2)nc2sc3ccccc3c12. The van der Waals surface area contributed by atoms with Crippen LogP contribution in [0.25, 0.3) is 20.3 Å². The van der Waals surface area contributed by atoms with Crippen molar-refractivity contribution in [3.8, 4) is 5.75 Å². The molecular formula is C18H11F3N2O2S. The smallest absolute Gasteiger partial charge is 0.406 e. The molecule has 2 heterocycles. The van der Waals surface area contributed by atoms with Crippen molar-refractivity contribution in [1.29, 1.82) is 0 Å². The summed E-state index contributed by atoms with van der Waals surface area (Å²) in [6, 6.07) is 13.1. The maximum atomic E-state index is 12.4. The number of aromatic nitrogens is 2. The molecule has 0 bridgehead atoms. The van der Waals surface area contributed by atoms with Gasteiger partial charge in [0.25, 0.3) is 5.56 Å². The van der Waals surface area contributed by atoms with Crippen LogP contribution in [0.3, 0.4) is 0 Å². The minimum atomic E-state index is -4.72. The molecule has 0 aliphatic carbocycles. The number of H-pyrrole nitrogens is 1. The van der Waals surface area contributed by atoms with Gasteiger partial charge in [0, 0.05) is 16.5 Å². The number of hydrogen-bond acceptors (Lipinski definition) is 4. The zero-order valence-corrected chi connectivity index (χ0v) is 13.9. The number of fused-ring (bicyclic) bond motifs is 3. The van der Waals surface area contributed by atoms with Crippen LogP contribution < -0.4 is 10.3 Å². The van der Waals surface area contributed by atoms with Gasteiger partial charge in [-0.25, -0.2) is 4.98 Å². The summed E-state index contributed by atoms with van der Waals surface area (Å²) in [6.45, 7) is 0. The third kappa shape index (κ3) is 3.28. The van der Waals surface area contributed by atoms with E-state index in [1.807, 2.05) is 24.3 Å². The van der Waals surface area contributed by atoms with E-state index in [2.05, 4.69) is 14.7 Å². The van der Waals surface area contributed by atoms with Crippen molar-refractivity contribution in [3.63, 3.8) is 0 Å². The van der Waals surface area contributed by atoms with Crippen molar-refractivity contribution in [2.45, 2.75) is 12.8 Å². The van der Waals surface area contributed by atoms with Crippen molar-refractivity contribution in [3.05, 3.63) is 70.3 Å². The molecule has 0 unspecified atom stereocenters. The van der Waals surface area contributed by atoms with Gasteiger partial charge in [-0.3, -0.25) is 4.79 Å². The summed E-state index contributed by atoms with van der Waals surface area (Å²) in [7, 11) is 0. The Morgan fingerprint density at radius 1 is 1.08 bits per heavy atom. The van der Waals surface area contributed by atoms with E-state index < -0.39 is 6.36 Å². The van der Waals surface area contributed by atoms with Gasteiger partial charge in [-0.1, -0.05) is 30.3 Å². The Balaban J connectivity index is 1.65. The number of halogens is 3. The molecular weight excluding hydrogens is 365 g/mol. The van der Waals surface area contributed by atoms with E-state index >= 15 is 0 Å².